The van der Waals surface area contributed by atoms with E-state index in [1.54, 1.807) is 6.20 Å². The number of ether oxygens (including phenoxy) is 1. The van der Waals surface area contributed by atoms with Crippen LogP contribution in [0.1, 0.15) is 44.1 Å². The number of hydrogen-bond donors (Lipinski definition) is 1. The Morgan fingerprint density at radius 1 is 1.15 bits per heavy atom. The summed E-state index contributed by atoms with van der Waals surface area (Å²) in [6.07, 6.45) is 3.06. The van der Waals surface area contributed by atoms with Crippen LogP contribution in [-0.4, -0.2) is 21.5 Å². The van der Waals surface area contributed by atoms with Crippen molar-refractivity contribution in [2.24, 2.45) is 0 Å². The van der Waals surface area contributed by atoms with Crippen LogP contribution in [0.4, 0.5) is 0 Å². The van der Waals surface area contributed by atoms with Gasteiger partial charge in [0, 0.05) is 12.7 Å². The predicted molar refractivity (Wildman–Crippen MR) is 78.8 cm³/mol. The standard InChI is InChI=1S/C16H22N2O2/c1-3-11-18-15(9-10-17-18)16(19)13-5-7-14(8-6-13)20-12-4-2/h5-10,16,19H,3-4,11-12H2,1-2H3. The highest BCUT2D eigenvalue weighted by Gasteiger charge is 2.15. The fourth-order valence-electron chi connectivity index (χ4n) is 2.11. The van der Waals surface area contributed by atoms with Crippen LogP contribution in [0.15, 0.2) is 36.5 Å². The van der Waals surface area contributed by atoms with Gasteiger partial charge in [0.05, 0.1) is 12.3 Å². The minimum absolute atomic E-state index is 0.649. The summed E-state index contributed by atoms with van der Waals surface area (Å²) in [7, 11) is 0. The maximum Gasteiger partial charge on any atom is 0.121 e. The zero-order chi connectivity index (χ0) is 14.4. The summed E-state index contributed by atoms with van der Waals surface area (Å²) < 4.78 is 7.40. The number of aliphatic hydroxyl groups is 1. The van der Waals surface area contributed by atoms with E-state index in [1.807, 2.05) is 35.0 Å². The van der Waals surface area contributed by atoms with Gasteiger partial charge in [0.15, 0.2) is 0 Å². The Kier molecular flexibility index (Phi) is 5.18. The van der Waals surface area contributed by atoms with Gasteiger partial charge in [-0.3, -0.25) is 4.68 Å². The molecule has 0 amide bonds. The van der Waals surface area contributed by atoms with Gasteiger partial charge in [0.2, 0.25) is 0 Å². The number of benzene rings is 1. The Morgan fingerprint density at radius 2 is 1.90 bits per heavy atom. The molecule has 1 aromatic carbocycles. The molecule has 1 heterocycles. The fraction of sp³-hybridized carbons (Fsp3) is 0.438. The molecule has 2 aromatic rings. The Labute approximate surface area is 120 Å². The van der Waals surface area contributed by atoms with Crippen LogP contribution in [0.25, 0.3) is 0 Å². The molecule has 4 nitrogen and oxygen atoms in total. The van der Waals surface area contributed by atoms with E-state index >= 15 is 0 Å². The highest BCUT2D eigenvalue weighted by Crippen LogP contribution is 2.24. The lowest BCUT2D eigenvalue weighted by atomic mass is 10.1. The summed E-state index contributed by atoms with van der Waals surface area (Å²) in [5, 5.41) is 14.7. The number of nitrogens with zero attached hydrogens (tertiary/aromatic N) is 2. The van der Waals surface area contributed by atoms with Crippen LogP contribution < -0.4 is 4.74 Å². The van der Waals surface area contributed by atoms with Crippen LogP contribution >= 0.6 is 0 Å². The first-order valence-electron chi connectivity index (χ1n) is 7.18. The SMILES string of the molecule is CCCOc1ccc(C(O)c2ccnn2CCC)cc1. The molecule has 0 aliphatic rings. The molecule has 0 aliphatic heterocycles. The fourth-order valence-corrected chi connectivity index (χ4v) is 2.11. The molecule has 0 aliphatic carbocycles. The van der Waals surface area contributed by atoms with E-state index in [4.69, 9.17) is 4.74 Å². The van der Waals surface area contributed by atoms with Crippen molar-refractivity contribution in [1.29, 1.82) is 0 Å². The third-order valence-corrected chi connectivity index (χ3v) is 3.13. The summed E-state index contributed by atoms with van der Waals surface area (Å²) in [6, 6.07) is 9.46. The Balaban J connectivity index is 2.12. The van der Waals surface area contributed by atoms with Gasteiger partial charge >= 0.3 is 0 Å². The minimum atomic E-state index is -0.649. The number of aromatic nitrogens is 2. The van der Waals surface area contributed by atoms with Crippen LogP contribution in [-0.2, 0) is 6.54 Å². The van der Waals surface area contributed by atoms with Crippen molar-refractivity contribution < 1.29 is 9.84 Å². The molecule has 1 atom stereocenters. The smallest absolute Gasteiger partial charge is 0.121 e. The maximum absolute atomic E-state index is 10.5. The highest BCUT2D eigenvalue weighted by atomic mass is 16.5. The average Bonchev–Trinajstić information content (AvgIpc) is 2.93. The van der Waals surface area contributed by atoms with E-state index in [1.165, 1.54) is 0 Å². The second kappa shape index (κ2) is 7.10. The van der Waals surface area contributed by atoms with E-state index in [-0.39, 0.29) is 0 Å². The van der Waals surface area contributed by atoms with Gasteiger partial charge in [0.25, 0.3) is 0 Å². The Morgan fingerprint density at radius 3 is 2.55 bits per heavy atom. The molecule has 1 unspecified atom stereocenters. The second-order valence-corrected chi connectivity index (χ2v) is 4.80. The monoisotopic (exact) mass is 274 g/mol. The molecule has 2 rings (SSSR count). The van der Waals surface area contributed by atoms with Crippen LogP contribution in [0.5, 0.6) is 5.75 Å². The zero-order valence-corrected chi connectivity index (χ0v) is 12.1. The average molecular weight is 274 g/mol. The number of aryl methyl sites for hydroxylation is 1. The molecule has 20 heavy (non-hydrogen) atoms. The van der Waals surface area contributed by atoms with Crippen molar-refractivity contribution in [3.8, 4) is 5.75 Å². The van der Waals surface area contributed by atoms with Crippen molar-refractivity contribution in [3.63, 3.8) is 0 Å². The molecule has 108 valence electrons. The molecule has 1 N–H and O–H groups in total. The largest absolute Gasteiger partial charge is 0.494 e. The Bertz CT molecular complexity index is 520. The molecule has 0 saturated carbocycles. The van der Waals surface area contributed by atoms with Gasteiger partial charge in [-0.25, -0.2) is 0 Å². The van der Waals surface area contributed by atoms with Crippen molar-refractivity contribution in [2.45, 2.75) is 39.3 Å². The van der Waals surface area contributed by atoms with E-state index in [9.17, 15) is 5.11 Å². The van der Waals surface area contributed by atoms with Gasteiger partial charge < -0.3 is 9.84 Å². The van der Waals surface area contributed by atoms with Crippen molar-refractivity contribution in [3.05, 3.63) is 47.8 Å². The van der Waals surface area contributed by atoms with Crippen molar-refractivity contribution >= 4 is 0 Å². The van der Waals surface area contributed by atoms with E-state index in [0.717, 1.165) is 36.4 Å². The molecule has 0 fully saturated rings. The molecular weight excluding hydrogens is 252 g/mol. The van der Waals surface area contributed by atoms with Crippen molar-refractivity contribution in [2.75, 3.05) is 6.61 Å². The molecule has 0 bridgehead atoms. The van der Waals surface area contributed by atoms with Gasteiger partial charge in [0.1, 0.15) is 11.9 Å². The predicted octanol–water partition coefficient (Wildman–Crippen LogP) is 3.16. The zero-order valence-electron chi connectivity index (χ0n) is 12.1. The first-order valence-corrected chi connectivity index (χ1v) is 7.18. The summed E-state index contributed by atoms with van der Waals surface area (Å²) in [5.41, 5.74) is 1.68. The van der Waals surface area contributed by atoms with Crippen LogP contribution in [0.3, 0.4) is 0 Å². The summed E-state index contributed by atoms with van der Waals surface area (Å²) in [6.45, 7) is 5.70. The number of hydrogen-bond acceptors (Lipinski definition) is 3. The lowest BCUT2D eigenvalue weighted by molar-refractivity contribution is 0.207. The van der Waals surface area contributed by atoms with Gasteiger partial charge in [-0.1, -0.05) is 26.0 Å². The van der Waals surface area contributed by atoms with Crippen LogP contribution in [0, 0.1) is 0 Å². The van der Waals surface area contributed by atoms with Gasteiger partial charge in [-0.15, -0.1) is 0 Å². The molecule has 0 spiro atoms. The molecule has 0 radical (unpaired) electrons. The summed E-state index contributed by atoms with van der Waals surface area (Å²) in [4.78, 5) is 0. The summed E-state index contributed by atoms with van der Waals surface area (Å²) in [5.74, 6) is 0.838. The number of rotatable bonds is 7. The minimum Gasteiger partial charge on any atom is -0.494 e. The lowest BCUT2D eigenvalue weighted by Crippen LogP contribution is -2.10. The summed E-state index contributed by atoms with van der Waals surface area (Å²) >= 11 is 0. The highest BCUT2D eigenvalue weighted by molar-refractivity contribution is 5.32. The lowest BCUT2D eigenvalue weighted by Gasteiger charge is -2.14. The van der Waals surface area contributed by atoms with Crippen LogP contribution in [0.2, 0.25) is 0 Å². The van der Waals surface area contributed by atoms with Gasteiger partial charge in [-0.2, -0.15) is 5.10 Å². The maximum atomic E-state index is 10.5. The van der Waals surface area contributed by atoms with E-state index in [0.29, 0.717) is 6.61 Å². The topological polar surface area (TPSA) is 47.3 Å². The normalized spacial score (nSPS) is 12.3. The molecule has 0 saturated heterocycles. The first-order chi connectivity index (χ1) is 9.76. The molecular formula is C16H22N2O2. The van der Waals surface area contributed by atoms with E-state index < -0.39 is 6.10 Å². The Hall–Kier alpha value is -1.81. The quantitative estimate of drug-likeness (QED) is 0.843. The second-order valence-electron chi connectivity index (χ2n) is 4.80. The first kappa shape index (κ1) is 14.6. The number of aliphatic hydroxyl groups excluding tert-OH is 1. The van der Waals surface area contributed by atoms with Crippen molar-refractivity contribution in [1.82, 2.24) is 9.78 Å². The molecule has 1 aromatic heterocycles. The third-order valence-electron chi connectivity index (χ3n) is 3.13. The third kappa shape index (κ3) is 3.39. The van der Waals surface area contributed by atoms with E-state index in [2.05, 4.69) is 18.9 Å². The van der Waals surface area contributed by atoms with Gasteiger partial charge in [-0.05, 0) is 36.6 Å². The molecule has 4 heteroatoms.